The van der Waals surface area contributed by atoms with Crippen LogP contribution in [0, 0.1) is 5.82 Å². The number of benzene rings is 2. The number of anilines is 1. The van der Waals surface area contributed by atoms with Crippen LogP contribution in [0.2, 0.25) is 0 Å². The minimum atomic E-state index is -2.84. The number of hydrogen-bond acceptors (Lipinski definition) is 3. The molecule has 1 aliphatic heterocycles. The van der Waals surface area contributed by atoms with Gasteiger partial charge in [-0.3, -0.25) is 0 Å². The summed E-state index contributed by atoms with van der Waals surface area (Å²) in [5.41, 5.74) is 1.42. The molecule has 110 valence electrons. The summed E-state index contributed by atoms with van der Waals surface area (Å²) < 4.78 is 47.3. The number of halogens is 3. The van der Waals surface area contributed by atoms with Gasteiger partial charge in [0.2, 0.25) is 0 Å². The van der Waals surface area contributed by atoms with Gasteiger partial charge in [-0.25, -0.2) is 4.39 Å². The zero-order valence-corrected chi connectivity index (χ0v) is 10.9. The maximum absolute atomic E-state index is 13.1. The van der Waals surface area contributed by atoms with E-state index < -0.39 is 6.61 Å². The summed E-state index contributed by atoms with van der Waals surface area (Å²) in [5.74, 6) is 0.317. The third-order valence-corrected chi connectivity index (χ3v) is 3.17. The summed E-state index contributed by atoms with van der Waals surface area (Å²) in [6, 6.07) is 10.5. The number of rotatable bonds is 3. The lowest BCUT2D eigenvalue weighted by Gasteiger charge is -2.27. The summed E-state index contributed by atoms with van der Waals surface area (Å²) in [7, 11) is 0. The summed E-state index contributed by atoms with van der Waals surface area (Å²) >= 11 is 0. The molecule has 0 radical (unpaired) electrons. The van der Waals surface area contributed by atoms with Crippen LogP contribution in [0.3, 0.4) is 0 Å². The van der Waals surface area contributed by atoms with Crippen molar-refractivity contribution in [3.8, 4) is 11.5 Å². The third-order valence-electron chi connectivity index (χ3n) is 3.17. The molecule has 1 heterocycles. The first kappa shape index (κ1) is 13.6. The highest BCUT2D eigenvalue weighted by atomic mass is 19.3. The van der Waals surface area contributed by atoms with E-state index in [0.29, 0.717) is 18.0 Å². The Hall–Kier alpha value is -2.37. The Balaban J connectivity index is 1.75. The van der Waals surface area contributed by atoms with Crippen molar-refractivity contribution in [2.24, 2.45) is 0 Å². The molecule has 0 saturated carbocycles. The molecule has 0 fully saturated rings. The van der Waals surface area contributed by atoms with Gasteiger partial charge in [0, 0.05) is 6.07 Å². The Morgan fingerprint density at radius 2 is 1.90 bits per heavy atom. The van der Waals surface area contributed by atoms with Crippen molar-refractivity contribution in [1.82, 2.24) is 0 Å². The molecule has 3 nitrogen and oxygen atoms in total. The van der Waals surface area contributed by atoms with Crippen LogP contribution in [0.5, 0.6) is 11.5 Å². The van der Waals surface area contributed by atoms with Gasteiger partial charge in [0.05, 0.1) is 12.2 Å². The monoisotopic (exact) mass is 295 g/mol. The first-order valence-electron chi connectivity index (χ1n) is 6.36. The normalized spacial score (nSPS) is 16.9. The lowest BCUT2D eigenvalue weighted by Crippen LogP contribution is -2.23. The fourth-order valence-electron chi connectivity index (χ4n) is 2.19. The zero-order valence-electron chi connectivity index (χ0n) is 10.9. The summed E-state index contributed by atoms with van der Waals surface area (Å²) in [6.45, 7) is -2.38. The molecule has 1 N–H and O–H groups in total. The smallest absolute Gasteiger partial charge is 0.387 e. The van der Waals surface area contributed by atoms with E-state index in [2.05, 4.69) is 10.1 Å². The van der Waals surface area contributed by atoms with Gasteiger partial charge in [-0.2, -0.15) is 8.78 Å². The van der Waals surface area contributed by atoms with Crippen LogP contribution >= 0.6 is 0 Å². The number of nitrogens with one attached hydrogen (secondary N) is 1. The summed E-state index contributed by atoms with van der Waals surface area (Å²) in [6.07, 6.45) is -0.274. The van der Waals surface area contributed by atoms with E-state index in [9.17, 15) is 13.2 Å². The second-order valence-electron chi connectivity index (χ2n) is 4.58. The van der Waals surface area contributed by atoms with Crippen LogP contribution in [0.1, 0.15) is 11.7 Å². The van der Waals surface area contributed by atoms with E-state index in [1.54, 1.807) is 18.2 Å². The van der Waals surface area contributed by atoms with Crippen molar-refractivity contribution in [2.75, 3.05) is 11.9 Å². The predicted octanol–water partition coefficient (Wildman–Crippen LogP) is 3.97. The highest BCUT2D eigenvalue weighted by molar-refractivity contribution is 5.58. The molecule has 0 amide bonds. The fourth-order valence-corrected chi connectivity index (χ4v) is 2.19. The second-order valence-corrected chi connectivity index (χ2v) is 4.58. The Bertz CT molecular complexity index is 631. The third kappa shape index (κ3) is 3.04. The molecule has 0 aromatic heterocycles. The Morgan fingerprint density at radius 1 is 1.14 bits per heavy atom. The average Bonchev–Trinajstić information content (AvgIpc) is 2.47. The van der Waals surface area contributed by atoms with Crippen molar-refractivity contribution in [3.63, 3.8) is 0 Å². The van der Waals surface area contributed by atoms with Crippen LogP contribution in [-0.4, -0.2) is 13.2 Å². The Kier molecular flexibility index (Phi) is 3.60. The Morgan fingerprint density at radius 3 is 2.62 bits per heavy atom. The number of alkyl halides is 2. The van der Waals surface area contributed by atoms with Gasteiger partial charge in [-0.1, -0.05) is 12.1 Å². The van der Waals surface area contributed by atoms with Crippen molar-refractivity contribution < 1.29 is 22.6 Å². The summed E-state index contributed by atoms with van der Waals surface area (Å²) in [4.78, 5) is 0. The van der Waals surface area contributed by atoms with Gasteiger partial charge >= 0.3 is 6.61 Å². The largest absolute Gasteiger partial charge is 0.482 e. The van der Waals surface area contributed by atoms with Gasteiger partial charge in [0.15, 0.2) is 0 Å². The van der Waals surface area contributed by atoms with Crippen LogP contribution in [-0.2, 0) is 0 Å². The maximum atomic E-state index is 13.1. The lowest BCUT2D eigenvalue weighted by atomic mass is 10.1. The SMILES string of the molecule is Fc1ccc2c(c1)NCC(c1ccc(OC(F)F)cc1)O2. The topological polar surface area (TPSA) is 30.5 Å². The van der Waals surface area contributed by atoms with E-state index in [0.717, 1.165) is 5.56 Å². The van der Waals surface area contributed by atoms with Crippen molar-refractivity contribution >= 4 is 5.69 Å². The van der Waals surface area contributed by atoms with Gasteiger partial charge < -0.3 is 14.8 Å². The fraction of sp³-hybridized carbons (Fsp3) is 0.200. The van der Waals surface area contributed by atoms with Crippen LogP contribution < -0.4 is 14.8 Å². The van der Waals surface area contributed by atoms with Crippen LogP contribution in [0.4, 0.5) is 18.9 Å². The van der Waals surface area contributed by atoms with Crippen LogP contribution in [0.25, 0.3) is 0 Å². The van der Waals surface area contributed by atoms with E-state index in [1.165, 1.54) is 24.3 Å². The molecule has 1 unspecified atom stereocenters. The maximum Gasteiger partial charge on any atom is 0.387 e. The molecule has 3 rings (SSSR count). The van der Waals surface area contributed by atoms with Gasteiger partial charge in [-0.05, 0) is 29.8 Å². The first-order chi connectivity index (χ1) is 10.1. The number of ether oxygens (including phenoxy) is 2. The molecule has 2 aromatic rings. The van der Waals surface area contributed by atoms with E-state index in [4.69, 9.17) is 4.74 Å². The zero-order chi connectivity index (χ0) is 14.8. The van der Waals surface area contributed by atoms with E-state index in [1.807, 2.05) is 0 Å². The number of hydrogen-bond donors (Lipinski definition) is 1. The standard InChI is InChI=1S/C15H12F3NO2/c16-10-3-6-13-12(7-10)19-8-14(21-13)9-1-4-11(5-2-9)20-15(17)18/h1-7,14-15,19H,8H2. The molecular formula is C15H12F3NO2. The minimum Gasteiger partial charge on any atom is -0.482 e. The van der Waals surface area contributed by atoms with Crippen molar-refractivity contribution in [3.05, 3.63) is 53.8 Å². The van der Waals surface area contributed by atoms with Crippen LogP contribution in [0.15, 0.2) is 42.5 Å². The molecular weight excluding hydrogens is 283 g/mol. The van der Waals surface area contributed by atoms with E-state index >= 15 is 0 Å². The molecule has 1 atom stereocenters. The van der Waals surface area contributed by atoms with E-state index in [-0.39, 0.29) is 17.7 Å². The summed E-state index contributed by atoms with van der Waals surface area (Å²) in [5, 5.41) is 3.08. The van der Waals surface area contributed by atoms with Gasteiger partial charge in [-0.15, -0.1) is 0 Å². The molecule has 6 heteroatoms. The number of fused-ring (bicyclic) bond motifs is 1. The highest BCUT2D eigenvalue weighted by Gasteiger charge is 2.21. The van der Waals surface area contributed by atoms with Crippen molar-refractivity contribution in [1.29, 1.82) is 0 Å². The van der Waals surface area contributed by atoms with Gasteiger partial charge in [0.25, 0.3) is 0 Å². The molecule has 1 aliphatic rings. The molecule has 0 saturated heterocycles. The second kappa shape index (κ2) is 5.55. The molecule has 0 bridgehead atoms. The Labute approximate surface area is 119 Å². The quantitative estimate of drug-likeness (QED) is 0.929. The predicted molar refractivity (Wildman–Crippen MR) is 71.3 cm³/mol. The first-order valence-corrected chi connectivity index (χ1v) is 6.36. The average molecular weight is 295 g/mol. The van der Waals surface area contributed by atoms with Crippen molar-refractivity contribution in [2.45, 2.75) is 12.7 Å². The highest BCUT2D eigenvalue weighted by Crippen LogP contribution is 2.34. The molecule has 2 aromatic carbocycles. The molecule has 0 aliphatic carbocycles. The lowest BCUT2D eigenvalue weighted by molar-refractivity contribution is -0.0498. The minimum absolute atomic E-state index is 0.0972. The van der Waals surface area contributed by atoms with Gasteiger partial charge in [0.1, 0.15) is 23.4 Å². The molecule has 0 spiro atoms. The molecule has 21 heavy (non-hydrogen) atoms.